The molecule has 1 saturated heterocycles. The van der Waals surface area contributed by atoms with Crippen LogP contribution < -0.4 is 19.7 Å². The Morgan fingerprint density at radius 2 is 1.89 bits per heavy atom. The highest BCUT2D eigenvalue weighted by molar-refractivity contribution is 5.93. The number of amides is 1. The van der Waals surface area contributed by atoms with Crippen LogP contribution in [0.2, 0.25) is 0 Å². The van der Waals surface area contributed by atoms with E-state index in [2.05, 4.69) is 39.2 Å². The maximum absolute atomic E-state index is 11.6. The third-order valence-electron chi connectivity index (χ3n) is 5.30. The van der Waals surface area contributed by atoms with Crippen molar-refractivity contribution in [3.8, 4) is 11.5 Å². The summed E-state index contributed by atoms with van der Waals surface area (Å²) in [7, 11) is 1.62. The number of benzene rings is 1. The van der Waals surface area contributed by atoms with Gasteiger partial charge in [0, 0.05) is 45.5 Å². The Morgan fingerprint density at radius 1 is 1.11 bits per heavy atom. The minimum atomic E-state index is -0.114. The zero-order chi connectivity index (χ0) is 18.8. The number of nitrogens with zero attached hydrogens (tertiary/aromatic N) is 3. The van der Waals surface area contributed by atoms with Crippen LogP contribution in [0, 0.1) is 0 Å². The van der Waals surface area contributed by atoms with Gasteiger partial charge in [0.2, 0.25) is 6.79 Å². The average molecular weight is 368 g/mol. The van der Waals surface area contributed by atoms with Gasteiger partial charge in [-0.3, -0.25) is 9.69 Å². The monoisotopic (exact) mass is 368 g/mol. The summed E-state index contributed by atoms with van der Waals surface area (Å²) >= 11 is 0. The van der Waals surface area contributed by atoms with Crippen LogP contribution in [0.5, 0.6) is 11.5 Å². The number of rotatable bonds is 4. The molecular formula is C20H24N4O3. The Kier molecular flexibility index (Phi) is 4.85. The fourth-order valence-electron chi connectivity index (χ4n) is 3.57. The van der Waals surface area contributed by atoms with Crippen molar-refractivity contribution in [2.75, 3.05) is 44.9 Å². The number of anilines is 1. The second-order valence-electron chi connectivity index (χ2n) is 6.80. The molecule has 1 atom stereocenters. The first-order valence-electron chi connectivity index (χ1n) is 9.22. The van der Waals surface area contributed by atoms with Crippen LogP contribution in [0.15, 0.2) is 36.5 Å². The second-order valence-corrected chi connectivity index (χ2v) is 6.80. The predicted molar refractivity (Wildman–Crippen MR) is 102 cm³/mol. The van der Waals surface area contributed by atoms with E-state index >= 15 is 0 Å². The van der Waals surface area contributed by atoms with E-state index in [4.69, 9.17) is 9.47 Å². The number of aromatic nitrogens is 1. The quantitative estimate of drug-likeness (QED) is 0.891. The summed E-state index contributed by atoms with van der Waals surface area (Å²) in [4.78, 5) is 20.8. The summed E-state index contributed by atoms with van der Waals surface area (Å²) in [6, 6.07) is 10.2. The molecule has 0 radical (unpaired) electrons. The molecule has 0 spiro atoms. The molecule has 7 heteroatoms. The second kappa shape index (κ2) is 7.44. The van der Waals surface area contributed by atoms with E-state index in [1.807, 2.05) is 18.2 Å². The van der Waals surface area contributed by atoms with E-state index in [0.717, 1.165) is 43.5 Å². The van der Waals surface area contributed by atoms with Crippen molar-refractivity contribution < 1.29 is 14.3 Å². The molecule has 2 aliphatic heterocycles. The Hall–Kier alpha value is -2.80. The lowest BCUT2D eigenvalue weighted by atomic mass is 10.1. The van der Waals surface area contributed by atoms with Gasteiger partial charge in [-0.1, -0.05) is 6.07 Å². The Bertz CT molecular complexity index is 816. The minimum Gasteiger partial charge on any atom is -0.454 e. The van der Waals surface area contributed by atoms with Crippen molar-refractivity contribution in [2.45, 2.75) is 13.0 Å². The molecule has 1 N–H and O–H groups in total. The zero-order valence-electron chi connectivity index (χ0n) is 15.6. The number of nitrogens with one attached hydrogen (secondary N) is 1. The number of pyridine rings is 1. The summed E-state index contributed by atoms with van der Waals surface area (Å²) < 4.78 is 10.9. The Morgan fingerprint density at radius 3 is 2.59 bits per heavy atom. The van der Waals surface area contributed by atoms with Crippen molar-refractivity contribution in [1.82, 2.24) is 15.2 Å². The summed E-state index contributed by atoms with van der Waals surface area (Å²) in [5, 5.41) is 2.61. The number of carbonyl (C=O) groups excluding carboxylic acids is 1. The maximum atomic E-state index is 11.6. The van der Waals surface area contributed by atoms with Crippen LogP contribution in [0.1, 0.15) is 28.9 Å². The van der Waals surface area contributed by atoms with E-state index in [-0.39, 0.29) is 5.91 Å². The van der Waals surface area contributed by atoms with Crippen molar-refractivity contribution in [1.29, 1.82) is 0 Å². The van der Waals surface area contributed by atoms with E-state index in [0.29, 0.717) is 18.4 Å². The number of hydrogen-bond donors (Lipinski definition) is 1. The smallest absolute Gasteiger partial charge is 0.252 e. The molecule has 1 amide bonds. The molecule has 3 heterocycles. The van der Waals surface area contributed by atoms with Gasteiger partial charge in [-0.05, 0) is 36.8 Å². The van der Waals surface area contributed by atoms with Gasteiger partial charge in [-0.2, -0.15) is 0 Å². The molecule has 1 fully saturated rings. The fourth-order valence-corrected chi connectivity index (χ4v) is 3.57. The van der Waals surface area contributed by atoms with Crippen LogP contribution in [-0.2, 0) is 0 Å². The first-order valence-corrected chi connectivity index (χ1v) is 9.22. The number of hydrogen-bond acceptors (Lipinski definition) is 6. The lowest BCUT2D eigenvalue weighted by Crippen LogP contribution is -2.47. The van der Waals surface area contributed by atoms with Crippen LogP contribution in [-0.4, -0.2) is 55.8 Å². The fraction of sp³-hybridized carbons (Fsp3) is 0.400. The largest absolute Gasteiger partial charge is 0.454 e. The molecule has 0 saturated carbocycles. The highest BCUT2D eigenvalue weighted by Gasteiger charge is 2.24. The van der Waals surface area contributed by atoms with E-state index < -0.39 is 0 Å². The molecule has 4 rings (SSSR count). The Labute approximate surface area is 158 Å². The summed E-state index contributed by atoms with van der Waals surface area (Å²) in [5.74, 6) is 2.45. The molecule has 7 nitrogen and oxygen atoms in total. The molecule has 0 aliphatic carbocycles. The van der Waals surface area contributed by atoms with E-state index in [1.54, 1.807) is 13.2 Å². The highest BCUT2D eigenvalue weighted by Crippen LogP contribution is 2.35. The van der Waals surface area contributed by atoms with Crippen molar-refractivity contribution in [3.63, 3.8) is 0 Å². The number of fused-ring (bicyclic) bond motifs is 1. The first kappa shape index (κ1) is 17.6. The average Bonchev–Trinajstić information content (AvgIpc) is 3.21. The van der Waals surface area contributed by atoms with Crippen molar-refractivity contribution in [2.24, 2.45) is 0 Å². The Balaban J connectivity index is 1.37. The lowest BCUT2D eigenvalue weighted by Gasteiger charge is -2.38. The van der Waals surface area contributed by atoms with Gasteiger partial charge in [0.05, 0.1) is 5.56 Å². The van der Waals surface area contributed by atoms with Gasteiger partial charge < -0.3 is 19.7 Å². The number of carbonyl (C=O) groups is 1. The summed E-state index contributed by atoms with van der Waals surface area (Å²) in [5.41, 5.74) is 1.82. The molecule has 0 bridgehead atoms. The molecule has 1 aromatic carbocycles. The molecule has 1 aromatic heterocycles. The van der Waals surface area contributed by atoms with Crippen LogP contribution in [0.4, 0.5) is 5.82 Å². The molecule has 2 aromatic rings. The third-order valence-corrected chi connectivity index (χ3v) is 5.30. The predicted octanol–water partition coefficient (Wildman–Crippen LogP) is 2.05. The van der Waals surface area contributed by atoms with E-state index in [1.165, 1.54) is 5.56 Å². The zero-order valence-corrected chi connectivity index (χ0v) is 15.6. The van der Waals surface area contributed by atoms with Crippen molar-refractivity contribution >= 4 is 11.7 Å². The van der Waals surface area contributed by atoms with Gasteiger partial charge in [-0.25, -0.2) is 4.98 Å². The highest BCUT2D eigenvalue weighted by atomic mass is 16.7. The normalized spacial score (nSPS) is 17.6. The number of ether oxygens (including phenoxy) is 2. The SMILES string of the molecule is CNC(=O)c1ccc(N2CCN(C(C)c3ccc4c(c3)OCO4)CC2)nc1. The van der Waals surface area contributed by atoms with Crippen molar-refractivity contribution in [3.05, 3.63) is 47.7 Å². The topological polar surface area (TPSA) is 66.9 Å². The molecular weight excluding hydrogens is 344 g/mol. The molecule has 2 aliphatic rings. The van der Waals surface area contributed by atoms with E-state index in [9.17, 15) is 4.79 Å². The standard InChI is InChI=1S/C20H24N4O3/c1-14(15-3-5-17-18(11-15)27-13-26-17)23-7-9-24(10-8-23)19-6-4-16(12-22-19)20(25)21-2/h3-6,11-12,14H,7-10,13H2,1-2H3,(H,21,25). The number of piperazine rings is 1. The van der Waals surface area contributed by atoms with Gasteiger partial charge >= 0.3 is 0 Å². The first-order chi connectivity index (χ1) is 13.2. The van der Waals surface area contributed by atoms with Gasteiger partial charge in [-0.15, -0.1) is 0 Å². The summed E-state index contributed by atoms with van der Waals surface area (Å²) in [6.07, 6.45) is 1.63. The molecule has 142 valence electrons. The maximum Gasteiger partial charge on any atom is 0.252 e. The van der Waals surface area contributed by atoms with Gasteiger partial charge in [0.1, 0.15) is 5.82 Å². The molecule has 27 heavy (non-hydrogen) atoms. The van der Waals surface area contributed by atoms with Gasteiger partial charge in [0.15, 0.2) is 11.5 Å². The minimum absolute atomic E-state index is 0.114. The lowest BCUT2D eigenvalue weighted by molar-refractivity contribution is 0.0962. The van der Waals surface area contributed by atoms with Crippen LogP contribution >= 0.6 is 0 Å². The summed E-state index contributed by atoms with van der Waals surface area (Å²) in [6.45, 7) is 6.24. The van der Waals surface area contributed by atoms with Gasteiger partial charge in [0.25, 0.3) is 5.91 Å². The third kappa shape index (κ3) is 3.55. The van der Waals surface area contributed by atoms with Crippen LogP contribution in [0.3, 0.4) is 0 Å². The molecule has 1 unspecified atom stereocenters. The van der Waals surface area contributed by atoms with Crippen LogP contribution in [0.25, 0.3) is 0 Å².